The molecule has 1 atom stereocenters. The topological polar surface area (TPSA) is 38.7 Å². The van der Waals surface area contributed by atoms with Gasteiger partial charge < -0.3 is 0 Å². The maximum atomic E-state index is 4.63. The van der Waals surface area contributed by atoms with Crippen molar-refractivity contribution in [3.05, 3.63) is 150 Å². The smallest absolute Gasteiger partial charge is 0.116 e. The summed E-state index contributed by atoms with van der Waals surface area (Å²) in [6.07, 6.45) is 5.28. The van der Waals surface area contributed by atoms with E-state index in [4.69, 9.17) is 0 Å². The van der Waals surface area contributed by atoms with Crippen molar-refractivity contribution in [1.82, 2.24) is 15.0 Å². The van der Waals surface area contributed by atoms with Gasteiger partial charge in [-0.1, -0.05) is 90.3 Å². The lowest BCUT2D eigenvalue weighted by Gasteiger charge is -2.45. The third-order valence-electron chi connectivity index (χ3n) is 7.63. The van der Waals surface area contributed by atoms with Crippen LogP contribution in [0.25, 0.3) is 22.5 Å². The van der Waals surface area contributed by atoms with Crippen LogP contribution in [0.1, 0.15) is 22.3 Å². The quantitative estimate of drug-likeness (QED) is 0.222. The van der Waals surface area contributed by atoms with Crippen LogP contribution in [0.3, 0.4) is 0 Å². The zero-order valence-electron chi connectivity index (χ0n) is 20.8. The summed E-state index contributed by atoms with van der Waals surface area (Å²) in [5.41, 5.74) is 9.01. The number of hydrogen-bond donors (Lipinski definition) is 0. The second-order valence-electron chi connectivity index (χ2n) is 9.68. The van der Waals surface area contributed by atoms with Gasteiger partial charge in [-0.25, -0.2) is 9.97 Å². The lowest BCUT2D eigenvalue weighted by molar-refractivity contribution is 0.667. The minimum Gasteiger partial charge on any atom is -0.256 e. The van der Waals surface area contributed by atoms with Crippen LogP contribution in [0.15, 0.2) is 147 Å². The zero-order chi connectivity index (χ0) is 25.8. The molecule has 6 aromatic rings. The van der Waals surface area contributed by atoms with Gasteiger partial charge in [0.2, 0.25) is 0 Å². The number of nitrogens with zero attached hydrogens (tertiary/aromatic N) is 3. The molecule has 0 aliphatic carbocycles. The number of hydrogen-bond acceptors (Lipinski definition) is 5. The highest BCUT2D eigenvalue weighted by Crippen LogP contribution is 2.62. The molecule has 184 valence electrons. The van der Waals surface area contributed by atoms with Crippen LogP contribution in [0.2, 0.25) is 0 Å². The number of aromatic nitrogens is 3. The van der Waals surface area contributed by atoms with Gasteiger partial charge in [-0.15, -0.1) is 0 Å². The molecule has 2 aliphatic rings. The van der Waals surface area contributed by atoms with E-state index >= 15 is 0 Å². The first-order chi connectivity index (χ1) is 19.3. The third-order valence-corrected chi connectivity index (χ3v) is 9.90. The Hall–Kier alpha value is -4.19. The van der Waals surface area contributed by atoms with Gasteiger partial charge in [0, 0.05) is 43.1 Å². The van der Waals surface area contributed by atoms with E-state index in [1.165, 1.54) is 41.8 Å². The maximum Gasteiger partial charge on any atom is 0.116 e. The van der Waals surface area contributed by atoms with Gasteiger partial charge in [0.05, 0.1) is 16.8 Å². The van der Waals surface area contributed by atoms with Crippen molar-refractivity contribution in [3.63, 3.8) is 0 Å². The highest BCUT2D eigenvalue weighted by atomic mass is 32.2. The molecular weight excluding hydrogens is 515 g/mol. The van der Waals surface area contributed by atoms with Crippen LogP contribution in [0.4, 0.5) is 0 Å². The van der Waals surface area contributed by atoms with Gasteiger partial charge >= 0.3 is 0 Å². The van der Waals surface area contributed by atoms with Crippen molar-refractivity contribution in [2.45, 2.75) is 25.0 Å². The van der Waals surface area contributed by atoms with E-state index in [-0.39, 0.29) is 0 Å². The van der Waals surface area contributed by atoms with Gasteiger partial charge in [-0.2, -0.15) is 0 Å². The standard InChI is InChI=1S/C34H21N3S2/c1-3-10-30-24(7-1)34(26-14-12-22(19-32(26)38-30)28-9-5-6-17-36-28)25-8-2-4-11-31(25)39-33-20-23(13-15-27(33)34)29-16-18-35-21-37-29/h1-21H. The van der Waals surface area contributed by atoms with Crippen molar-refractivity contribution in [2.24, 2.45) is 0 Å². The molecule has 0 radical (unpaired) electrons. The molecule has 39 heavy (non-hydrogen) atoms. The van der Waals surface area contributed by atoms with Gasteiger partial charge in [-0.05, 0) is 64.7 Å². The lowest BCUT2D eigenvalue weighted by atomic mass is 9.64. The first kappa shape index (κ1) is 22.8. The Morgan fingerprint density at radius 2 is 1.03 bits per heavy atom. The Labute approximate surface area is 235 Å². The summed E-state index contributed by atoms with van der Waals surface area (Å²) in [6.45, 7) is 0. The predicted molar refractivity (Wildman–Crippen MR) is 157 cm³/mol. The van der Waals surface area contributed by atoms with Crippen LogP contribution in [-0.4, -0.2) is 15.0 Å². The molecule has 0 fully saturated rings. The average Bonchev–Trinajstić information content (AvgIpc) is 3.01. The Kier molecular flexibility index (Phi) is 5.22. The Morgan fingerprint density at radius 3 is 1.59 bits per heavy atom. The number of pyridine rings is 1. The molecule has 4 heterocycles. The Morgan fingerprint density at radius 1 is 0.462 bits per heavy atom. The normalized spacial score (nSPS) is 16.6. The summed E-state index contributed by atoms with van der Waals surface area (Å²) >= 11 is 3.70. The molecule has 2 aromatic heterocycles. The van der Waals surface area contributed by atoms with Crippen LogP contribution in [0.5, 0.6) is 0 Å². The first-order valence-corrected chi connectivity index (χ1v) is 14.5. The fraction of sp³-hybridized carbons (Fsp3) is 0.0294. The summed E-state index contributed by atoms with van der Waals surface area (Å²) in [5, 5.41) is 0. The molecule has 3 nitrogen and oxygen atoms in total. The van der Waals surface area contributed by atoms with Crippen molar-refractivity contribution >= 4 is 23.5 Å². The van der Waals surface area contributed by atoms with Gasteiger partial charge in [0.15, 0.2) is 0 Å². The molecule has 4 aromatic carbocycles. The van der Waals surface area contributed by atoms with Crippen LogP contribution in [-0.2, 0) is 5.41 Å². The van der Waals surface area contributed by atoms with Gasteiger partial charge in [-0.3, -0.25) is 4.98 Å². The number of rotatable bonds is 2. The molecule has 0 N–H and O–H groups in total. The summed E-state index contributed by atoms with van der Waals surface area (Å²) in [5.74, 6) is 0. The Bertz CT molecular complexity index is 1730. The van der Waals surface area contributed by atoms with E-state index < -0.39 is 5.41 Å². The molecule has 0 saturated carbocycles. The molecule has 0 amide bonds. The monoisotopic (exact) mass is 535 g/mol. The lowest BCUT2D eigenvalue weighted by Crippen LogP contribution is -2.36. The minimum absolute atomic E-state index is 0.429. The average molecular weight is 536 g/mol. The molecule has 1 spiro atoms. The summed E-state index contributed by atoms with van der Waals surface area (Å²) in [7, 11) is 0. The van der Waals surface area contributed by atoms with E-state index in [0.29, 0.717) is 0 Å². The van der Waals surface area contributed by atoms with E-state index in [2.05, 4.69) is 106 Å². The van der Waals surface area contributed by atoms with Crippen molar-refractivity contribution in [2.75, 3.05) is 0 Å². The SMILES string of the molecule is c1ccc(-c2ccc3c(c2)Sc2ccccc2C32c3ccccc3Sc3cc(-c4ccncn4)ccc32)nc1. The van der Waals surface area contributed by atoms with E-state index in [1.807, 2.05) is 47.9 Å². The van der Waals surface area contributed by atoms with Crippen molar-refractivity contribution in [1.29, 1.82) is 0 Å². The van der Waals surface area contributed by atoms with E-state index in [1.54, 1.807) is 12.5 Å². The highest BCUT2D eigenvalue weighted by molar-refractivity contribution is 8.00. The van der Waals surface area contributed by atoms with Crippen LogP contribution >= 0.6 is 23.5 Å². The molecule has 5 heteroatoms. The van der Waals surface area contributed by atoms with Crippen molar-refractivity contribution in [3.8, 4) is 22.5 Å². The molecular formula is C34H21N3S2. The van der Waals surface area contributed by atoms with Crippen molar-refractivity contribution < 1.29 is 0 Å². The van der Waals surface area contributed by atoms with Gasteiger partial charge in [0.25, 0.3) is 0 Å². The first-order valence-electron chi connectivity index (χ1n) is 12.8. The predicted octanol–water partition coefficient (Wildman–Crippen LogP) is 8.52. The van der Waals surface area contributed by atoms with Crippen LogP contribution in [0, 0.1) is 0 Å². The fourth-order valence-electron chi connectivity index (χ4n) is 5.99. The molecule has 8 rings (SSSR count). The molecule has 0 bridgehead atoms. The second kappa shape index (κ2) is 8.94. The van der Waals surface area contributed by atoms with Crippen LogP contribution < -0.4 is 0 Å². The maximum absolute atomic E-state index is 4.63. The number of benzene rings is 4. The summed E-state index contributed by atoms with van der Waals surface area (Å²) in [6, 6.07) is 39.6. The largest absolute Gasteiger partial charge is 0.256 e. The fourth-order valence-corrected chi connectivity index (χ4v) is 8.45. The minimum atomic E-state index is -0.429. The molecule has 2 aliphatic heterocycles. The Balaban J connectivity index is 1.44. The number of fused-ring (bicyclic) bond motifs is 8. The highest BCUT2D eigenvalue weighted by Gasteiger charge is 2.48. The summed E-state index contributed by atoms with van der Waals surface area (Å²) in [4.78, 5) is 18.4. The second-order valence-corrected chi connectivity index (χ2v) is 11.8. The third kappa shape index (κ3) is 3.43. The summed E-state index contributed by atoms with van der Waals surface area (Å²) < 4.78 is 0. The van der Waals surface area contributed by atoms with Gasteiger partial charge in [0.1, 0.15) is 6.33 Å². The van der Waals surface area contributed by atoms with E-state index in [9.17, 15) is 0 Å². The molecule has 0 saturated heterocycles. The molecule has 1 unspecified atom stereocenters. The van der Waals surface area contributed by atoms with E-state index in [0.717, 1.165) is 22.5 Å². The zero-order valence-corrected chi connectivity index (χ0v) is 22.4.